The van der Waals surface area contributed by atoms with Crippen molar-refractivity contribution in [2.45, 2.75) is 0 Å². The summed E-state index contributed by atoms with van der Waals surface area (Å²) in [6.45, 7) is 0. The molecule has 2 aromatic rings. The van der Waals surface area contributed by atoms with Crippen molar-refractivity contribution in [3.8, 4) is 0 Å². The molecular weight excluding hydrogens is 177 g/mol. The number of hydrogen-bond acceptors (Lipinski definition) is 0. The lowest BCUT2D eigenvalue weighted by atomic mass is 10.1. The van der Waals surface area contributed by atoms with Crippen LogP contribution in [0.2, 0.25) is 0 Å². The van der Waals surface area contributed by atoms with Crippen molar-refractivity contribution < 1.29 is 14.5 Å². The first-order valence-electron chi connectivity index (χ1n) is 4.13. The molecule has 0 unspecified atom stereocenters. The standard InChI is InChI=1S/C10H5F3/c11-8-5-9(12)10(13)7-4-2-1-3-6(7)8/h1-5H/i1D. The number of benzene rings is 2. The van der Waals surface area contributed by atoms with Crippen molar-refractivity contribution in [1.29, 1.82) is 0 Å². The number of halogens is 3. The normalized spacial score (nSPS) is 11.8. The maximum absolute atomic E-state index is 13.1. The van der Waals surface area contributed by atoms with Gasteiger partial charge in [-0.25, -0.2) is 13.2 Å². The zero-order chi connectivity index (χ0) is 10.3. The fraction of sp³-hybridized carbons (Fsp3) is 0. The smallest absolute Gasteiger partial charge is 0.166 e. The van der Waals surface area contributed by atoms with E-state index >= 15 is 0 Å². The Balaban J connectivity index is 2.94. The Morgan fingerprint density at radius 2 is 1.77 bits per heavy atom. The van der Waals surface area contributed by atoms with Crippen LogP contribution in [0.4, 0.5) is 13.2 Å². The summed E-state index contributed by atoms with van der Waals surface area (Å²) in [6.07, 6.45) is 0. The lowest BCUT2D eigenvalue weighted by Gasteiger charge is -2.00. The van der Waals surface area contributed by atoms with E-state index in [1.165, 1.54) is 12.1 Å². The highest BCUT2D eigenvalue weighted by atomic mass is 19.2. The molecule has 2 aromatic carbocycles. The van der Waals surface area contributed by atoms with E-state index in [1.807, 2.05) is 0 Å². The lowest BCUT2D eigenvalue weighted by Crippen LogP contribution is -1.89. The minimum Gasteiger partial charge on any atom is -0.206 e. The van der Waals surface area contributed by atoms with E-state index < -0.39 is 17.5 Å². The van der Waals surface area contributed by atoms with Gasteiger partial charge in [0.15, 0.2) is 11.6 Å². The second-order valence-corrected chi connectivity index (χ2v) is 2.63. The van der Waals surface area contributed by atoms with Crippen molar-refractivity contribution >= 4 is 10.8 Å². The van der Waals surface area contributed by atoms with E-state index in [9.17, 15) is 13.2 Å². The molecule has 0 amide bonds. The van der Waals surface area contributed by atoms with Crippen LogP contribution in [0.15, 0.2) is 30.3 Å². The molecule has 0 aliphatic carbocycles. The third-order valence-corrected chi connectivity index (χ3v) is 1.82. The Bertz CT molecular complexity index is 508. The Morgan fingerprint density at radius 1 is 1.00 bits per heavy atom. The summed E-state index contributed by atoms with van der Waals surface area (Å²) in [5, 5.41) is -0.213. The molecule has 13 heavy (non-hydrogen) atoms. The number of fused-ring (bicyclic) bond motifs is 1. The van der Waals surface area contributed by atoms with E-state index in [0.717, 1.165) is 6.07 Å². The fourth-order valence-electron chi connectivity index (χ4n) is 1.20. The van der Waals surface area contributed by atoms with Gasteiger partial charge in [-0.1, -0.05) is 24.2 Å². The largest absolute Gasteiger partial charge is 0.206 e. The Labute approximate surface area is 74.0 Å². The third-order valence-electron chi connectivity index (χ3n) is 1.82. The summed E-state index contributed by atoms with van der Waals surface area (Å²) >= 11 is 0. The highest BCUT2D eigenvalue weighted by Crippen LogP contribution is 2.22. The summed E-state index contributed by atoms with van der Waals surface area (Å²) in [4.78, 5) is 0. The maximum Gasteiger partial charge on any atom is 0.166 e. The van der Waals surface area contributed by atoms with Gasteiger partial charge >= 0.3 is 0 Å². The molecule has 0 fully saturated rings. The van der Waals surface area contributed by atoms with E-state index in [-0.39, 0.29) is 16.8 Å². The Morgan fingerprint density at radius 3 is 2.54 bits per heavy atom. The van der Waals surface area contributed by atoms with Gasteiger partial charge in [-0.15, -0.1) is 0 Å². The molecule has 66 valence electrons. The molecule has 0 nitrogen and oxygen atoms in total. The van der Waals surface area contributed by atoms with E-state index in [0.29, 0.717) is 6.07 Å². The summed E-state index contributed by atoms with van der Waals surface area (Å²) in [7, 11) is 0. The van der Waals surface area contributed by atoms with Gasteiger partial charge in [0, 0.05) is 16.8 Å². The van der Waals surface area contributed by atoms with Crippen LogP contribution in [0.5, 0.6) is 0 Å². The van der Waals surface area contributed by atoms with Crippen molar-refractivity contribution in [3.05, 3.63) is 47.8 Å². The van der Waals surface area contributed by atoms with Gasteiger partial charge in [0.2, 0.25) is 0 Å². The minimum atomic E-state index is -1.22. The molecule has 0 bridgehead atoms. The monoisotopic (exact) mass is 183 g/mol. The number of hydrogen-bond donors (Lipinski definition) is 0. The van der Waals surface area contributed by atoms with Gasteiger partial charge < -0.3 is 0 Å². The highest BCUT2D eigenvalue weighted by molar-refractivity contribution is 5.83. The SMILES string of the molecule is [2H]c1ccc2c(F)c(F)cc(F)c2c1. The molecular formula is C10H5F3. The van der Waals surface area contributed by atoms with Crippen LogP contribution in [0.1, 0.15) is 1.37 Å². The molecule has 0 spiro atoms. The third kappa shape index (κ3) is 1.16. The maximum atomic E-state index is 13.1. The van der Waals surface area contributed by atoms with E-state index in [2.05, 4.69) is 0 Å². The average molecular weight is 183 g/mol. The molecule has 0 aliphatic heterocycles. The predicted octanol–water partition coefficient (Wildman–Crippen LogP) is 3.26. The van der Waals surface area contributed by atoms with Crippen LogP contribution in [0, 0.1) is 17.5 Å². The van der Waals surface area contributed by atoms with Gasteiger partial charge in [-0.2, -0.15) is 0 Å². The van der Waals surface area contributed by atoms with Crippen molar-refractivity contribution in [3.63, 3.8) is 0 Å². The second-order valence-electron chi connectivity index (χ2n) is 2.63. The van der Waals surface area contributed by atoms with E-state index in [4.69, 9.17) is 1.37 Å². The van der Waals surface area contributed by atoms with Gasteiger partial charge in [-0.3, -0.25) is 0 Å². The number of rotatable bonds is 0. The van der Waals surface area contributed by atoms with Crippen LogP contribution in [-0.4, -0.2) is 0 Å². The molecule has 0 aromatic heterocycles. The van der Waals surface area contributed by atoms with Crippen LogP contribution in [0.3, 0.4) is 0 Å². The second kappa shape index (κ2) is 2.76. The molecule has 0 atom stereocenters. The molecule has 0 radical (unpaired) electrons. The van der Waals surface area contributed by atoms with E-state index in [1.54, 1.807) is 0 Å². The van der Waals surface area contributed by atoms with Crippen LogP contribution >= 0.6 is 0 Å². The average Bonchev–Trinajstić information content (AvgIpc) is 2.14. The topological polar surface area (TPSA) is 0 Å². The van der Waals surface area contributed by atoms with Crippen LogP contribution in [0.25, 0.3) is 10.8 Å². The van der Waals surface area contributed by atoms with Gasteiger partial charge in [0.1, 0.15) is 5.82 Å². The summed E-state index contributed by atoms with van der Waals surface area (Å²) < 4.78 is 46.2. The van der Waals surface area contributed by atoms with Gasteiger partial charge in [0.05, 0.1) is 1.37 Å². The van der Waals surface area contributed by atoms with Gasteiger partial charge in [0.25, 0.3) is 0 Å². The van der Waals surface area contributed by atoms with Crippen LogP contribution < -0.4 is 0 Å². The van der Waals surface area contributed by atoms with Crippen LogP contribution in [-0.2, 0) is 0 Å². The zero-order valence-corrected chi connectivity index (χ0v) is 6.44. The Hall–Kier alpha value is -1.51. The fourth-order valence-corrected chi connectivity index (χ4v) is 1.20. The minimum absolute atomic E-state index is 0.0578. The molecule has 2 rings (SSSR count). The Kier molecular flexibility index (Phi) is 1.48. The van der Waals surface area contributed by atoms with Crippen molar-refractivity contribution in [2.24, 2.45) is 0 Å². The highest BCUT2D eigenvalue weighted by Gasteiger charge is 2.10. The molecule has 0 heterocycles. The van der Waals surface area contributed by atoms with Crippen molar-refractivity contribution in [1.82, 2.24) is 0 Å². The molecule has 0 saturated heterocycles. The predicted molar refractivity (Wildman–Crippen MR) is 43.8 cm³/mol. The molecule has 0 N–H and O–H groups in total. The first-order chi connectivity index (χ1) is 6.59. The summed E-state index contributed by atoms with van der Waals surface area (Å²) in [6, 6.07) is 4.18. The van der Waals surface area contributed by atoms with Crippen molar-refractivity contribution in [2.75, 3.05) is 0 Å². The quantitative estimate of drug-likeness (QED) is 0.550. The summed E-state index contributed by atoms with van der Waals surface area (Å²) in [5.74, 6) is -3.15. The first kappa shape index (κ1) is 6.95. The molecule has 3 heteroatoms. The summed E-state index contributed by atoms with van der Waals surface area (Å²) in [5.41, 5.74) is 0. The van der Waals surface area contributed by atoms with Gasteiger partial charge in [-0.05, 0) is 0 Å². The first-order valence-corrected chi connectivity index (χ1v) is 3.63. The zero-order valence-electron chi connectivity index (χ0n) is 7.44. The molecule has 0 saturated carbocycles. The molecule has 0 aliphatic rings. The lowest BCUT2D eigenvalue weighted by molar-refractivity contribution is 0.506.